The number of nitrogens with two attached hydrogens (primary N) is 1. The van der Waals surface area contributed by atoms with Crippen LogP contribution in [0.1, 0.15) is 23.3 Å². The van der Waals surface area contributed by atoms with Gasteiger partial charge in [0.2, 0.25) is 0 Å². The van der Waals surface area contributed by atoms with E-state index in [1.165, 1.54) is 24.5 Å². The average molecular weight is 343 g/mol. The third kappa shape index (κ3) is 4.00. The smallest absolute Gasteiger partial charge is 0.287 e. The molecule has 25 heavy (non-hydrogen) atoms. The number of pyridine rings is 2. The second-order valence-corrected chi connectivity index (χ2v) is 5.68. The third-order valence-corrected chi connectivity index (χ3v) is 4.00. The van der Waals surface area contributed by atoms with Gasteiger partial charge in [-0.3, -0.25) is 19.9 Å². The third-order valence-electron chi connectivity index (χ3n) is 4.00. The molecule has 0 saturated carbocycles. The van der Waals surface area contributed by atoms with Crippen molar-refractivity contribution in [2.24, 2.45) is 5.73 Å². The number of carbonyl (C=O) groups excluding carboxylic acids is 1. The molecule has 1 aliphatic heterocycles. The van der Waals surface area contributed by atoms with Crippen LogP contribution >= 0.6 is 0 Å². The number of ether oxygens (including phenoxy) is 1. The highest BCUT2D eigenvalue weighted by Gasteiger charge is 2.22. The fraction of sp³-hybridized carbons (Fsp3) is 0.312. The van der Waals surface area contributed by atoms with E-state index in [9.17, 15) is 14.9 Å². The second kappa shape index (κ2) is 7.12. The summed E-state index contributed by atoms with van der Waals surface area (Å²) in [6.07, 6.45) is 4.31. The van der Waals surface area contributed by atoms with Crippen LogP contribution in [0.2, 0.25) is 0 Å². The van der Waals surface area contributed by atoms with Gasteiger partial charge < -0.3 is 15.4 Å². The maximum Gasteiger partial charge on any atom is 0.287 e. The molecule has 3 rings (SSSR count). The van der Waals surface area contributed by atoms with Gasteiger partial charge in [-0.2, -0.15) is 0 Å². The Balaban J connectivity index is 1.57. The summed E-state index contributed by atoms with van der Waals surface area (Å²) < 4.78 is 5.90. The minimum absolute atomic E-state index is 0.0115. The van der Waals surface area contributed by atoms with Crippen LogP contribution in [0.25, 0.3) is 0 Å². The Morgan fingerprint density at radius 3 is 2.64 bits per heavy atom. The van der Waals surface area contributed by atoms with Crippen molar-refractivity contribution in [2.75, 3.05) is 18.0 Å². The maximum absolute atomic E-state index is 11.2. The van der Waals surface area contributed by atoms with Crippen molar-refractivity contribution in [2.45, 2.75) is 18.9 Å². The van der Waals surface area contributed by atoms with E-state index in [0.717, 1.165) is 25.9 Å². The predicted molar refractivity (Wildman–Crippen MR) is 89.5 cm³/mol. The molecule has 130 valence electrons. The van der Waals surface area contributed by atoms with Crippen LogP contribution in [0.3, 0.4) is 0 Å². The zero-order valence-electron chi connectivity index (χ0n) is 13.4. The first-order valence-corrected chi connectivity index (χ1v) is 7.81. The monoisotopic (exact) mass is 343 g/mol. The van der Waals surface area contributed by atoms with E-state index in [0.29, 0.717) is 11.6 Å². The van der Waals surface area contributed by atoms with Gasteiger partial charge in [0, 0.05) is 44.3 Å². The lowest BCUT2D eigenvalue weighted by Gasteiger charge is -2.32. The number of rotatable bonds is 5. The molecule has 2 N–H and O–H groups in total. The normalized spacial score (nSPS) is 15.0. The Morgan fingerprint density at radius 2 is 2.04 bits per heavy atom. The van der Waals surface area contributed by atoms with Crippen molar-refractivity contribution in [3.63, 3.8) is 0 Å². The van der Waals surface area contributed by atoms with E-state index in [2.05, 4.69) is 14.9 Å². The Hall–Kier alpha value is -3.23. The molecule has 0 atom stereocenters. The molecule has 1 amide bonds. The lowest BCUT2D eigenvalue weighted by Crippen LogP contribution is -2.38. The number of hydrogen-bond acceptors (Lipinski definition) is 7. The standard InChI is InChI=1S/C16H17N5O4/c17-16(22)14-9-13(3-6-18-14)25-12-4-7-20(8-5-12)15-2-1-11(10-19-15)21(23)24/h1-3,6,9-10,12H,4-5,7-8H2,(H2,17,22). The molecule has 1 aliphatic rings. The number of amides is 1. The lowest BCUT2D eigenvalue weighted by atomic mass is 10.1. The van der Waals surface area contributed by atoms with Gasteiger partial charge in [0.15, 0.2) is 0 Å². The van der Waals surface area contributed by atoms with Crippen molar-refractivity contribution in [3.05, 3.63) is 52.5 Å². The number of carbonyl (C=O) groups is 1. The molecule has 9 heteroatoms. The van der Waals surface area contributed by atoms with Crippen LogP contribution in [0, 0.1) is 10.1 Å². The second-order valence-electron chi connectivity index (χ2n) is 5.68. The zero-order valence-corrected chi connectivity index (χ0v) is 13.4. The number of primary amides is 1. The first-order valence-electron chi connectivity index (χ1n) is 7.81. The molecule has 2 aromatic heterocycles. The summed E-state index contributed by atoms with van der Waals surface area (Å²) in [7, 11) is 0. The van der Waals surface area contributed by atoms with Gasteiger partial charge in [0.05, 0.1) is 4.92 Å². The first kappa shape index (κ1) is 16.6. The van der Waals surface area contributed by atoms with E-state index < -0.39 is 10.8 Å². The number of anilines is 1. The van der Waals surface area contributed by atoms with Gasteiger partial charge in [-0.25, -0.2) is 4.98 Å². The molecule has 0 unspecified atom stereocenters. The predicted octanol–water partition coefficient (Wildman–Crippen LogP) is 1.53. The van der Waals surface area contributed by atoms with Crippen molar-refractivity contribution < 1.29 is 14.5 Å². The fourth-order valence-corrected chi connectivity index (χ4v) is 2.69. The largest absolute Gasteiger partial charge is 0.490 e. The molecule has 0 aliphatic carbocycles. The number of aromatic nitrogens is 2. The van der Waals surface area contributed by atoms with Gasteiger partial charge in [0.25, 0.3) is 11.6 Å². The summed E-state index contributed by atoms with van der Waals surface area (Å²) >= 11 is 0. The van der Waals surface area contributed by atoms with Gasteiger partial charge in [-0.15, -0.1) is 0 Å². The molecule has 1 saturated heterocycles. The van der Waals surface area contributed by atoms with Crippen LogP contribution in [0.4, 0.5) is 11.5 Å². The quantitative estimate of drug-likeness (QED) is 0.644. The van der Waals surface area contributed by atoms with Gasteiger partial charge in [-0.1, -0.05) is 0 Å². The molecule has 9 nitrogen and oxygen atoms in total. The molecule has 0 spiro atoms. The van der Waals surface area contributed by atoms with Crippen LogP contribution in [-0.4, -0.2) is 40.0 Å². The zero-order chi connectivity index (χ0) is 17.8. The van der Waals surface area contributed by atoms with E-state index in [-0.39, 0.29) is 17.5 Å². The minimum atomic E-state index is -0.593. The molecule has 1 fully saturated rings. The van der Waals surface area contributed by atoms with Gasteiger partial charge in [-0.05, 0) is 12.1 Å². The van der Waals surface area contributed by atoms with Crippen LogP contribution in [0.5, 0.6) is 5.75 Å². The van der Waals surface area contributed by atoms with Gasteiger partial charge in [0.1, 0.15) is 29.6 Å². The molecule has 0 aromatic carbocycles. The molecule has 3 heterocycles. The van der Waals surface area contributed by atoms with Crippen LogP contribution in [0.15, 0.2) is 36.7 Å². The summed E-state index contributed by atoms with van der Waals surface area (Å²) in [6.45, 7) is 1.45. The number of nitrogens with zero attached hydrogens (tertiary/aromatic N) is 4. The summed E-state index contributed by atoms with van der Waals surface area (Å²) in [6, 6.07) is 6.33. The number of piperidine rings is 1. The highest BCUT2D eigenvalue weighted by Crippen LogP contribution is 2.23. The van der Waals surface area contributed by atoms with Crippen molar-refractivity contribution in [1.29, 1.82) is 0 Å². The van der Waals surface area contributed by atoms with Crippen molar-refractivity contribution in [1.82, 2.24) is 9.97 Å². The van der Waals surface area contributed by atoms with Crippen LogP contribution < -0.4 is 15.4 Å². The highest BCUT2D eigenvalue weighted by molar-refractivity contribution is 5.91. The van der Waals surface area contributed by atoms with E-state index in [1.807, 2.05) is 0 Å². The Morgan fingerprint density at radius 1 is 1.28 bits per heavy atom. The Bertz CT molecular complexity index is 772. The van der Waals surface area contributed by atoms with Crippen molar-refractivity contribution >= 4 is 17.4 Å². The van der Waals surface area contributed by atoms with E-state index in [4.69, 9.17) is 10.5 Å². The van der Waals surface area contributed by atoms with Crippen molar-refractivity contribution in [3.8, 4) is 5.75 Å². The average Bonchev–Trinajstić information content (AvgIpc) is 2.63. The summed E-state index contributed by atoms with van der Waals surface area (Å²) in [5.74, 6) is 0.684. The minimum Gasteiger partial charge on any atom is -0.490 e. The van der Waals surface area contributed by atoms with E-state index in [1.54, 1.807) is 12.1 Å². The number of nitro groups is 1. The topological polar surface area (TPSA) is 124 Å². The summed E-state index contributed by atoms with van der Waals surface area (Å²) in [4.78, 5) is 31.5. The molecule has 0 bridgehead atoms. The molecular formula is C16H17N5O4. The Labute approximate surface area is 143 Å². The fourth-order valence-electron chi connectivity index (χ4n) is 2.69. The molecule has 0 radical (unpaired) electrons. The lowest BCUT2D eigenvalue weighted by molar-refractivity contribution is -0.385. The summed E-state index contributed by atoms with van der Waals surface area (Å²) in [5.41, 5.74) is 5.36. The van der Waals surface area contributed by atoms with Crippen LogP contribution in [-0.2, 0) is 0 Å². The SMILES string of the molecule is NC(=O)c1cc(OC2CCN(c3ccc([N+](=O)[O-])cn3)CC2)ccn1. The maximum atomic E-state index is 11.2. The Kier molecular flexibility index (Phi) is 4.73. The molecular weight excluding hydrogens is 326 g/mol. The first-order chi connectivity index (χ1) is 12.0. The molecule has 2 aromatic rings. The van der Waals surface area contributed by atoms with Gasteiger partial charge >= 0.3 is 0 Å². The van der Waals surface area contributed by atoms with E-state index >= 15 is 0 Å². The number of hydrogen-bond donors (Lipinski definition) is 1. The summed E-state index contributed by atoms with van der Waals surface area (Å²) in [5, 5.41) is 10.7. The highest BCUT2D eigenvalue weighted by atomic mass is 16.6.